The van der Waals surface area contributed by atoms with Crippen molar-refractivity contribution in [1.29, 1.82) is 0 Å². The summed E-state index contributed by atoms with van der Waals surface area (Å²) in [6, 6.07) is -0.847. The van der Waals surface area contributed by atoms with E-state index in [1.807, 2.05) is 33.3 Å². The second-order valence-electron chi connectivity index (χ2n) is 26.5. The highest BCUT2D eigenvalue weighted by atomic mass is 31.2. The van der Waals surface area contributed by atoms with Gasteiger partial charge in [0.15, 0.2) is 0 Å². The lowest BCUT2D eigenvalue weighted by molar-refractivity contribution is -0.870. The van der Waals surface area contributed by atoms with Crippen molar-refractivity contribution in [3.63, 3.8) is 0 Å². The number of nitrogens with one attached hydrogen (secondary N) is 1. The minimum absolute atomic E-state index is 0.0421. The first-order valence-corrected chi connectivity index (χ1v) is 38.5. The lowest BCUT2D eigenvalue weighted by atomic mass is 10.0. The maximum absolute atomic E-state index is 13.6. The molecule has 0 saturated heterocycles. The molecule has 10 heteroatoms. The zero-order chi connectivity index (χ0) is 62.1. The summed E-state index contributed by atoms with van der Waals surface area (Å²) in [5, 5.41) is 3.08. The molecule has 0 aromatic heterocycles. The summed E-state index contributed by atoms with van der Waals surface area (Å²) in [6.07, 6.45) is 82.8. The number of hydrogen-bond acceptors (Lipinski definition) is 6. The Kier molecular flexibility index (Phi) is 63.4. The van der Waals surface area contributed by atoms with Crippen LogP contribution in [0.25, 0.3) is 0 Å². The van der Waals surface area contributed by atoms with E-state index in [1.165, 1.54) is 270 Å². The van der Waals surface area contributed by atoms with Gasteiger partial charge in [-0.3, -0.25) is 18.6 Å². The Hall–Kier alpha value is -2.03. The zero-order valence-corrected chi connectivity index (χ0v) is 58.3. The summed E-state index contributed by atoms with van der Waals surface area (Å²) >= 11 is 0. The summed E-state index contributed by atoms with van der Waals surface area (Å²) in [5.41, 5.74) is 0. The smallest absolute Gasteiger partial charge is 0.456 e. The number of carbonyl (C=O) groups is 2. The number of nitrogens with zero attached hydrogens (tertiary/aromatic N) is 1. The van der Waals surface area contributed by atoms with Crippen LogP contribution in [0.3, 0.4) is 0 Å². The van der Waals surface area contributed by atoms with Gasteiger partial charge in [0.1, 0.15) is 19.3 Å². The van der Waals surface area contributed by atoms with Crippen LogP contribution < -0.4 is 5.32 Å². The molecular formula is C75H144N2O7P+. The van der Waals surface area contributed by atoms with Gasteiger partial charge < -0.3 is 19.4 Å². The highest BCUT2D eigenvalue weighted by Crippen LogP contribution is 2.43. The van der Waals surface area contributed by atoms with E-state index in [9.17, 15) is 19.0 Å². The minimum Gasteiger partial charge on any atom is -0.456 e. The average Bonchev–Trinajstić information content (AvgIpc) is 3.58. The molecule has 0 bridgehead atoms. The summed E-state index contributed by atoms with van der Waals surface area (Å²) in [4.78, 5) is 37.9. The fourth-order valence-corrected chi connectivity index (χ4v) is 11.8. The van der Waals surface area contributed by atoms with Gasteiger partial charge in [-0.05, 0) is 89.5 Å². The SMILES string of the molecule is CCCCC/C=C\C/C=C\CCCCCCCCCCCCCCCCCC(=O)OC(/C=C/CCCCCCCCCCC)C(COP(=O)(O)OCC[N+](C)(C)C)NC(=O)CCCCCCCCCCCCCCC/C=C/CCCCCCCC. The fourth-order valence-electron chi connectivity index (χ4n) is 11.0. The molecule has 9 nitrogen and oxygen atoms in total. The molecule has 0 saturated carbocycles. The van der Waals surface area contributed by atoms with Gasteiger partial charge >= 0.3 is 13.8 Å². The van der Waals surface area contributed by atoms with Gasteiger partial charge in [0.2, 0.25) is 5.91 Å². The van der Waals surface area contributed by atoms with Crippen molar-refractivity contribution >= 4 is 19.7 Å². The Morgan fingerprint density at radius 1 is 0.412 bits per heavy atom. The van der Waals surface area contributed by atoms with Crippen LogP contribution in [0.1, 0.15) is 367 Å². The maximum atomic E-state index is 13.6. The molecule has 0 aromatic carbocycles. The number of allylic oxidation sites excluding steroid dienone is 7. The number of ether oxygens (including phenoxy) is 1. The van der Waals surface area contributed by atoms with Gasteiger partial charge in [-0.2, -0.15) is 0 Å². The molecule has 3 unspecified atom stereocenters. The third-order valence-corrected chi connectivity index (χ3v) is 17.7. The molecule has 0 rings (SSSR count). The molecule has 0 fully saturated rings. The quantitative estimate of drug-likeness (QED) is 0.0205. The van der Waals surface area contributed by atoms with E-state index >= 15 is 0 Å². The number of carbonyl (C=O) groups excluding carboxylic acids is 2. The molecule has 1 amide bonds. The Bertz CT molecular complexity index is 1590. The third kappa shape index (κ3) is 66.2. The number of phosphoric ester groups is 1. The highest BCUT2D eigenvalue weighted by Gasteiger charge is 2.30. The van der Waals surface area contributed by atoms with E-state index < -0.39 is 20.0 Å². The molecule has 2 N–H and O–H groups in total. The van der Waals surface area contributed by atoms with Crippen molar-refractivity contribution < 1.29 is 37.3 Å². The minimum atomic E-state index is -4.45. The molecule has 0 aliphatic heterocycles. The van der Waals surface area contributed by atoms with Crippen molar-refractivity contribution in [2.75, 3.05) is 40.9 Å². The van der Waals surface area contributed by atoms with Gasteiger partial charge in [-0.25, -0.2) is 4.57 Å². The first-order valence-electron chi connectivity index (χ1n) is 37.0. The summed E-state index contributed by atoms with van der Waals surface area (Å²) in [6.45, 7) is 7.04. The van der Waals surface area contributed by atoms with E-state index in [2.05, 4.69) is 62.5 Å². The molecule has 3 atom stereocenters. The van der Waals surface area contributed by atoms with Crippen molar-refractivity contribution in [3.05, 3.63) is 48.6 Å². The van der Waals surface area contributed by atoms with Crippen LogP contribution in [0, 0.1) is 0 Å². The number of rotatable bonds is 68. The monoisotopic (exact) mass is 1220 g/mol. The Labute approximate surface area is 529 Å². The lowest BCUT2D eigenvalue weighted by Gasteiger charge is -2.27. The average molecular weight is 1220 g/mol. The van der Waals surface area contributed by atoms with Crippen molar-refractivity contribution in [1.82, 2.24) is 5.32 Å². The topological polar surface area (TPSA) is 111 Å². The largest absolute Gasteiger partial charge is 0.472 e. The second-order valence-corrected chi connectivity index (χ2v) is 27.9. The van der Waals surface area contributed by atoms with Gasteiger partial charge in [0, 0.05) is 12.8 Å². The van der Waals surface area contributed by atoms with Crippen LogP contribution in [-0.4, -0.2) is 74.3 Å². The molecule has 0 radical (unpaired) electrons. The molecule has 85 heavy (non-hydrogen) atoms. The van der Waals surface area contributed by atoms with Gasteiger partial charge in [0.05, 0.1) is 33.8 Å². The van der Waals surface area contributed by atoms with E-state index in [0.717, 1.165) is 64.2 Å². The number of hydrogen-bond donors (Lipinski definition) is 2. The summed E-state index contributed by atoms with van der Waals surface area (Å²) in [5.74, 6) is -0.488. The van der Waals surface area contributed by atoms with Gasteiger partial charge in [-0.1, -0.05) is 314 Å². The Balaban J connectivity index is 4.95. The Morgan fingerprint density at radius 3 is 1.09 bits per heavy atom. The van der Waals surface area contributed by atoms with E-state index in [1.54, 1.807) is 0 Å². The molecule has 0 aliphatic carbocycles. The van der Waals surface area contributed by atoms with E-state index in [-0.39, 0.29) is 25.1 Å². The second kappa shape index (κ2) is 64.9. The van der Waals surface area contributed by atoms with Crippen molar-refractivity contribution in [2.45, 2.75) is 380 Å². The number of esters is 1. The molecule has 0 spiro atoms. The highest BCUT2D eigenvalue weighted by molar-refractivity contribution is 7.47. The molecular weight excluding hydrogens is 1070 g/mol. The van der Waals surface area contributed by atoms with Crippen LogP contribution in [0.4, 0.5) is 0 Å². The fraction of sp³-hybridized carbons (Fsp3) is 0.867. The predicted molar refractivity (Wildman–Crippen MR) is 369 cm³/mol. The molecule has 0 aromatic rings. The van der Waals surface area contributed by atoms with Gasteiger partial charge in [0.25, 0.3) is 0 Å². The third-order valence-electron chi connectivity index (χ3n) is 16.7. The number of quaternary nitrogens is 1. The maximum Gasteiger partial charge on any atom is 0.472 e. The predicted octanol–water partition coefficient (Wildman–Crippen LogP) is 23.6. The number of amides is 1. The molecule has 0 aliphatic rings. The van der Waals surface area contributed by atoms with Gasteiger partial charge in [-0.15, -0.1) is 0 Å². The van der Waals surface area contributed by atoms with Crippen LogP contribution in [-0.2, 0) is 27.9 Å². The van der Waals surface area contributed by atoms with Crippen molar-refractivity contribution in [3.8, 4) is 0 Å². The number of unbranched alkanes of at least 4 members (excludes halogenated alkanes) is 46. The standard InChI is InChI=1S/C75H143N2O7P/c1-7-10-13-16-19-22-25-27-29-31-33-35-37-38-40-42-44-46-48-50-53-56-59-62-65-68-75(79)84-73(66-63-60-57-54-51-24-21-18-15-12-9-3)72(71-83-85(80,81)82-70-69-77(4,5)6)76-74(78)67-64-61-58-55-52-49-47-45-43-41-39-36-34-32-30-28-26-23-20-17-14-11-8-2/h19,22,27-30,63,66,72-73H,7-18,20-21,23-26,31-62,64-65,67-71H2,1-6H3,(H-,76,78,80,81)/p+1/b22-19-,29-27-,30-28+,66-63+. The molecule has 500 valence electrons. The molecule has 0 heterocycles. The first kappa shape index (κ1) is 83.0. The normalized spacial score (nSPS) is 13.7. The van der Waals surface area contributed by atoms with Crippen LogP contribution in [0.5, 0.6) is 0 Å². The lowest BCUT2D eigenvalue weighted by Crippen LogP contribution is -2.47. The van der Waals surface area contributed by atoms with Crippen LogP contribution >= 0.6 is 7.82 Å². The first-order chi connectivity index (χ1) is 41.4. The summed E-state index contributed by atoms with van der Waals surface area (Å²) in [7, 11) is 1.51. The summed E-state index contributed by atoms with van der Waals surface area (Å²) < 4.78 is 30.8. The van der Waals surface area contributed by atoms with Crippen LogP contribution in [0.15, 0.2) is 48.6 Å². The number of phosphoric acid groups is 1. The van der Waals surface area contributed by atoms with Crippen molar-refractivity contribution in [2.24, 2.45) is 0 Å². The van der Waals surface area contributed by atoms with Crippen LogP contribution in [0.2, 0.25) is 0 Å². The Morgan fingerprint density at radius 2 is 0.718 bits per heavy atom. The zero-order valence-electron chi connectivity index (χ0n) is 57.4. The number of likely N-dealkylation sites (N-methyl/N-ethyl adjacent to an activating group) is 1. The van der Waals surface area contributed by atoms with E-state index in [4.69, 9.17) is 13.8 Å². The van der Waals surface area contributed by atoms with E-state index in [0.29, 0.717) is 23.9 Å².